The van der Waals surface area contributed by atoms with E-state index in [1.165, 1.54) is 34.6 Å². The van der Waals surface area contributed by atoms with E-state index in [0.717, 1.165) is 51.8 Å². The van der Waals surface area contributed by atoms with Crippen molar-refractivity contribution in [3.05, 3.63) is 113 Å². The monoisotopic (exact) mass is 1800 g/mol. The number of aromatic amines is 1. The van der Waals surface area contributed by atoms with Crippen LogP contribution in [0.5, 0.6) is 5.75 Å². The van der Waals surface area contributed by atoms with Gasteiger partial charge in [0.1, 0.15) is 54.1 Å². The summed E-state index contributed by atoms with van der Waals surface area (Å²) in [7, 11) is 1.88. The number of hydrogen-bond acceptors (Lipinski definition) is 23. The number of carbonyl (C=O) groups excluding carboxylic acids is 16. The van der Waals surface area contributed by atoms with Crippen LogP contribution >= 0.6 is 21.6 Å². The topological polar surface area (TPSA) is 607 Å². The fourth-order valence-electron chi connectivity index (χ4n) is 14.9. The smallest absolute Gasteiger partial charge is 0.312 e. The zero-order chi connectivity index (χ0) is 94.4. The van der Waals surface area contributed by atoms with Crippen molar-refractivity contribution in [3.63, 3.8) is 0 Å². The van der Waals surface area contributed by atoms with Crippen LogP contribution in [0.25, 0.3) is 21.7 Å². The van der Waals surface area contributed by atoms with Crippen LogP contribution < -0.4 is 97.6 Å². The molecule has 0 spiro atoms. The van der Waals surface area contributed by atoms with Crippen molar-refractivity contribution < 1.29 is 86.6 Å². The van der Waals surface area contributed by atoms with Gasteiger partial charge in [-0.2, -0.15) is 0 Å². The van der Waals surface area contributed by atoms with Gasteiger partial charge in [-0.1, -0.05) is 108 Å². The van der Waals surface area contributed by atoms with Crippen LogP contribution in [0.3, 0.4) is 0 Å². The van der Waals surface area contributed by atoms with Crippen molar-refractivity contribution in [2.24, 2.45) is 51.7 Å². The molecule has 14 amide bonds. The van der Waals surface area contributed by atoms with Gasteiger partial charge in [0.25, 0.3) is 0 Å². The van der Waals surface area contributed by atoms with Crippen LogP contribution in [0, 0.1) is 24.2 Å². The Balaban J connectivity index is 1.54. The molecular weight excluding hydrogens is 1670 g/mol. The predicted molar refractivity (Wildman–Crippen MR) is 485 cm³/mol. The van der Waals surface area contributed by atoms with Crippen LogP contribution in [0.1, 0.15) is 182 Å². The summed E-state index contributed by atoms with van der Waals surface area (Å²) in [6.07, 6.45) is -2.60. The summed E-state index contributed by atoms with van der Waals surface area (Å²) in [5.41, 5.74) is 34.7. The average molecular weight is 1800 g/mol. The van der Waals surface area contributed by atoms with Gasteiger partial charge in [-0.25, -0.2) is 4.79 Å². The number of aromatic nitrogens is 1. The van der Waals surface area contributed by atoms with Crippen molar-refractivity contribution in [2.45, 2.75) is 261 Å². The number of para-hydroxylation sites is 1. The SMILES string of the molecule is CC(=O)NCCCC[C@H](NC(=O)[C@](C)(CCCCN)CC(=O)[C@H](Cc1ccc2ccccc2c1)NC(=O)[C@@H](CC(=O)[C@H]1NC(=O)[C@H](CCCNC(N)=O)NC(=O)[C@H](Cc2c[nH]c3c(C)cccc23)NC(=O)[C@H]([C@@H](C)O)NC(=O)[C@H](CC(N)=O)NC(=O)[C@@H](NC(C)=O)C(C)(C)SSC1(C)C)Cc1ccc(OCCN)cc1)C(=O)C[C@@H](CC(C)N)C(=O)NC(C)(C)C(N)=O. The van der Waals surface area contributed by atoms with Crippen LogP contribution in [-0.4, -0.2) is 213 Å². The number of aliphatic hydroxyl groups excluding tert-OH is 1. The minimum absolute atomic E-state index is 0.00693. The lowest BCUT2D eigenvalue weighted by Gasteiger charge is -2.39. The molecule has 1 aromatic heterocycles. The number of urea groups is 1. The highest BCUT2D eigenvalue weighted by molar-refractivity contribution is 8.77. The zero-order valence-corrected chi connectivity index (χ0v) is 76.2. The molecule has 127 heavy (non-hydrogen) atoms. The van der Waals surface area contributed by atoms with Gasteiger partial charge in [-0.05, 0) is 178 Å². The first kappa shape index (κ1) is 105. The quantitative estimate of drug-likeness (QED) is 0.0196. The Hall–Kier alpha value is -11.1. The summed E-state index contributed by atoms with van der Waals surface area (Å²) in [5.74, 6) is -15.0. The van der Waals surface area contributed by atoms with Crippen molar-refractivity contribution in [1.82, 2.24) is 63.5 Å². The Kier molecular flexibility index (Phi) is 40.2. The Morgan fingerprint density at radius 1 is 0.622 bits per heavy atom. The largest absolute Gasteiger partial charge is 0.492 e. The standard InChI is InChI=1S/C89H130N18O18S2/c1-49-21-19-24-62-60(48-98-72(49)62)43-66-79(118)100-64(26-20-37-97-85(95)124)78(117)106-74(87(8,9)126-127-88(10,11)75(99-53(5)110)82(121)103-67(46-71(93)114)80(119)105-73(51(3)108)81(120)102-66)69(112)45-59(40-54-28-31-61(32-29-54)125-38-35-91)76(115)101-65(42-55-27-30-56-22-13-14-23-57(56)41-55)70(113)47-89(12,33-16-17-34-90)84(123)104-63(25-15-18-36-96-52(4)109)68(111)44-58(39-50(2)92)77(116)107-86(6,7)83(94)122/h13-14,19,21-24,27-32,41,48,50-51,58-59,63-67,73-75,98,108H,15-18,20,25-26,33-40,42-47,90-92H2,1-12H3,(H2,93,114)(H2,94,122)(H,96,109)(H,99,110)(H,100,118)(H,101,115)(H,102,120)(H,103,121)(H,104,123)(H,105,119)(H,106,117)(H,107,116)(H3,95,97,124)/t50?,51-,58-,59-,63+,64+,65+,66+,67+,73+,74-,75-,89-/m1/s1. The van der Waals surface area contributed by atoms with E-state index in [1.807, 2.05) is 49.4 Å². The number of aryl methyl sites for hydroxylation is 1. The Bertz CT molecular complexity index is 4730. The number of H-pyrrole nitrogens is 1. The second-order valence-corrected chi connectivity index (χ2v) is 38.2. The molecule has 36 nitrogen and oxygen atoms in total. The van der Waals surface area contributed by atoms with E-state index >= 15 is 28.8 Å². The van der Waals surface area contributed by atoms with Crippen molar-refractivity contribution in [1.29, 1.82) is 0 Å². The van der Waals surface area contributed by atoms with Gasteiger partial charge >= 0.3 is 6.03 Å². The summed E-state index contributed by atoms with van der Waals surface area (Å²) < 4.78 is 2.69. The molecule has 1 aliphatic heterocycles. The molecule has 0 saturated carbocycles. The summed E-state index contributed by atoms with van der Waals surface area (Å²) in [6, 6.07) is 9.98. The van der Waals surface area contributed by atoms with E-state index in [9.17, 15) is 53.1 Å². The third-order valence-corrected chi connectivity index (χ3v) is 26.5. The lowest BCUT2D eigenvalue weighted by Crippen LogP contribution is -2.63. The number of amides is 14. The number of ketones is 3. The van der Waals surface area contributed by atoms with Crippen molar-refractivity contribution >= 4 is 138 Å². The van der Waals surface area contributed by atoms with Gasteiger partial charge < -0.3 is 108 Å². The number of Topliss-reactive ketones (excluding diaryl/α,β-unsaturated/α-hetero) is 3. The van der Waals surface area contributed by atoms with E-state index in [2.05, 4.69) is 63.5 Å². The molecule has 5 aromatic rings. The summed E-state index contributed by atoms with van der Waals surface area (Å²) in [4.78, 5) is 234. The van der Waals surface area contributed by atoms with Gasteiger partial charge in [-0.15, -0.1) is 0 Å². The molecule has 6 rings (SSSR count). The number of nitrogens with two attached hydrogens (primary N) is 6. The number of fused-ring (bicyclic) bond motifs is 2. The predicted octanol–water partition coefficient (Wildman–Crippen LogP) is 2.22. The highest BCUT2D eigenvalue weighted by Crippen LogP contribution is 2.47. The van der Waals surface area contributed by atoms with Crippen molar-refractivity contribution in [3.8, 4) is 5.75 Å². The molecule has 0 bridgehead atoms. The third kappa shape index (κ3) is 32.6. The van der Waals surface area contributed by atoms with E-state index in [1.54, 1.807) is 76.4 Å². The first-order valence-corrected chi connectivity index (χ1v) is 44.9. The maximum atomic E-state index is 16.4. The molecule has 0 aliphatic carbocycles. The van der Waals surface area contributed by atoms with Gasteiger partial charge in [0.05, 0.1) is 30.0 Å². The van der Waals surface area contributed by atoms with Gasteiger partial charge in [0, 0.05) is 104 Å². The third-order valence-electron chi connectivity index (χ3n) is 22.2. The second-order valence-electron chi connectivity index (χ2n) is 34.8. The van der Waals surface area contributed by atoms with Gasteiger partial charge in [0.15, 0.2) is 17.3 Å². The van der Waals surface area contributed by atoms with E-state index in [0.29, 0.717) is 52.6 Å². The van der Waals surface area contributed by atoms with Crippen LogP contribution in [0.2, 0.25) is 0 Å². The molecule has 0 radical (unpaired) electrons. The molecule has 1 saturated heterocycles. The Morgan fingerprint density at radius 3 is 1.89 bits per heavy atom. The highest BCUT2D eigenvalue weighted by atomic mass is 33.1. The number of hydrogen-bond donors (Lipinski definition) is 19. The molecule has 4 aromatic carbocycles. The number of rotatable bonds is 44. The minimum atomic E-state index is -1.92. The molecular formula is C89H130N18O18S2. The van der Waals surface area contributed by atoms with Gasteiger partial charge in [0.2, 0.25) is 70.9 Å². The molecule has 13 atom stereocenters. The Morgan fingerprint density at radius 2 is 1.26 bits per heavy atom. The van der Waals surface area contributed by atoms with E-state index in [4.69, 9.17) is 39.1 Å². The minimum Gasteiger partial charge on any atom is -0.492 e. The van der Waals surface area contributed by atoms with E-state index < -0.39 is 207 Å². The molecule has 2 heterocycles. The number of primary amides is 3. The van der Waals surface area contributed by atoms with Crippen molar-refractivity contribution in [2.75, 3.05) is 32.8 Å². The van der Waals surface area contributed by atoms with Crippen LogP contribution in [-0.2, 0) is 91.2 Å². The Labute approximate surface area is 748 Å². The number of ether oxygens (including phenoxy) is 1. The second kappa shape index (κ2) is 48.8. The lowest BCUT2D eigenvalue weighted by atomic mass is 9.77. The molecule has 696 valence electrons. The highest BCUT2D eigenvalue weighted by Gasteiger charge is 2.47. The first-order chi connectivity index (χ1) is 59.7. The molecule has 25 N–H and O–H groups in total. The number of unbranched alkanes of at least 4 members (excludes halogenated alkanes) is 2. The summed E-state index contributed by atoms with van der Waals surface area (Å²) in [6.45, 7) is 18.2. The maximum absolute atomic E-state index is 16.4. The number of nitrogens with one attached hydrogen (secondary N) is 12. The zero-order valence-electron chi connectivity index (χ0n) is 74.6. The normalized spacial score (nSPS) is 19.7. The average Bonchev–Trinajstić information content (AvgIpc) is 1.58. The van der Waals surface area contributed by atoms with Crippen LogP contribution in [0.4, 0.5) is 4.79 Å². The van der Waals surface area contributed by atoms with E-state index in [-0.39, 0.29) is 96.5 Å². The molecule has 38 heteroatoms. The lowest BCUT2D eigenvalue weighted by molar-refractivity contribution is -0.140. The fraction of sp³-hybridized carbons (Fsp3) is 0.551. The molecule has 1 aliphatic rings. The summed E-state index contributed by atoms with van der Waals surface area (Å²) >= 11 is 0. The first-order valence-electron chi connectivity index (χ1n) is 42.8. The molecule has 1 fully saturated rings. The van der Waals surface area contributed by atoms with Gasteiger partial charge in [-0.3, -0.25) is 71.9 Å². The molecule has 1 unspecified atom stereocenters. The maximum Gasteiger partial charge on any atom is 0.312 e. The summed E-state index contributed by atoms with van der Waals surface area (Å²) in [5, 5.41) is 43.1. The number of carbonyl (C=O) groups is 16. The van der Waals surface area contributed by atoms with Crippen LogP contribution in [0.15, 0.2) is 91.1 Å². The fourth-order valence-corrected chi connectivity index (χ4v) is 17.8. The number of aliphatic hydroxyl groups is 1. The number of benzene rings is 4.